The van der Waals surface area contributed by atoms with Crippen LogP contribution in [0.3, 0.4) is 0 Å². The molecule has 1 heterocycles. The molecule has 0 radical (unpaired) electrons. The van der Waals surface area contributed by atoms with Crippen LogP contribution in [0.25, 0.3) is 6.08 Å². The van der Waals surface area contributed by atoms with Gasteiger partial charge in [-0.3, -0.25) is 5.32 Å². The fourth-order valence-electron chi connectivity index (χ4n) is 2.18. The first-order valence-corrected chi connectivity index (χ1v) is 8.57. The molecule has 1 amide bonds. The predicted octanol–water partition coefficient (Wildman–Crippen LogP) is 3.72. The van der Waals surface area contributed by atoms with Gasteiger partial charge in [0.05, 0.1) is 9.80 Å². The lowest BCUT2D eigenvalue weighted by atomic mass is 10.2. The molecule has 1 aliphatic heterocycles. The van der Waals surface area contributed by atoms with E-state index in [1.807, 2.05) is 0 Å². The number of ether oxygens (including phenoxy) is 1. The standard InChI is InChI=1S/C16H12ClNO4S/c17-12-5-7-13(8-6-12)18-16(19)22-10-14-9-11-3-1-2-4-15(11)23(14,20)21/h1-9H,10H2,(H,18,19). The Hall–Kier alpha value is -2.31. The molecule has 0 unspecified atom stereocenters. The van der Waals surface area contributed by atoms with Gasteiger partial charge in [-0.25, -0.2) is 13.2 Å². The van der Waals surface area contributed by atoms with Crippen molar-refractivity contribution in [2.45, 2.75) is 4.90 Å². The first-order valence-electron chi connectivity index (χ1n) is 6.71. The average Bonchev–Trinajstić information content (AvgIpc) is 2.79. The SMILES string of the molecule is O=C(Nc1ccc(Cl)cc1)OCC1=Cc2ccccc2S1(=O)=O. The van der Waals surface area contributed by atoms with Gasteiger partial charge in [-0.2, -0.15) is 0 Å². The first-order chi connectivity index (χ1) is 11.0. The summed E-state index contributed by atoms with van der Waals surface area (Å²) in [5.74, 6) is 0. The third kappa shape index (κ3) is 3.23. The maximum absolute atomic E-state index is 12.3. The number of fused-ring (bicyclic) bond motifs is 1. The van der Waals surface area contributed by atoms with Crippen LogP contribution in [0.2, 0.25) is 5.02 Å². The molecule has 0 fully saturated rings. The van der Waals surface area contributed by atoms with Crippen molar-refractivity contribution in [1.82, 2.24) is 0 Å². The minimum Gasteiger partial charge on any atom is -0.444 e. The summed E-state index contributed by atoms with van der Waals surface area (Å²) in [7, 11) is -3.58. The van der Waals surface area contributed by atoms with E-state index in [9.17, 15) is 13.2 Å². The second kappa shape index (κ2) is 6.06. The number of hydrogen-bond donors (Lipinski definition) is 1. The van der Waals surface area contributed by atoms with Gasteiger partial charge in [0.1, 0.15) is 6.61 Å². The maximum atomic E-state index is 12.3. The van der Waals surface area contributed by atoms with Gasteiger partial charge in [0.15, 0.2) is 0 Å². The number of hydrogen-bond acceptors (Lipinski definition) is 4. The van der Waals surface area contributed by atoms with Gasteiger partial charge in [-0.05, 0) is 42.0 Å². The van der Waals surface area contributed by atoms with Crippen LogP contribution < -0.4 is 5.32 Å². The Labute approximate surface area is 138 Å². The summed E-state index contributed by atoms with van der Waals surface area (Å²) >= 11 is 5.75. The molecule has 0 atom stereocenters. The minimum absolute atomic E-state index is 0.0601. The smallest absolute Gasteiger partial charge is 0.411 e. The highest BCUT2D eigenvalue weighted by atomic mass is 35.5. The third-order valence-corrected chi connectivity index (χ3v) is 5.44. The van der Waals surface area contributed by atoms with Crippen molar-refractivity contribution < 1.29 is 17.9 Å². The number of sulfone groups is 1. The Kier molecular flexibility index (Phi) is 4.11. The fraction of sp³-hybridized carbons (Fsp3) is 0.0625. The Morgan fingerprint density at radius 1 is 1.09 bits per heavy atom. The van der Waals surface area contributed by atoms with Gasteiger partial charge in [-0.15, -0.1) is 0 Å². The van der Waals surface area contributed by atoms with Crippen molar-refractivity contribution in [3.8, 4) is 0 Å². The summed E-state index contributed by atoms with van der Waals surface area (Å²) in [6.07, 6.45) is 0.777. The van der Waals surface area contributed by atoms with E-state index in [-0.39, 0.29) is 16.4 Å². The van der Waals surface area contributed by atoms with Gasteiger partial charge in [0, 0.05) is 10.7 Å². The zero-order valence-electron chi connectivity index (χ0n) is 11.8. The van der Waals surface area contributed by atoms with E-state index in [2.05, 4.69) is 5.32 Å². The summed E-state index contributed by atoms with van der Waals surface area (Å²) in [5.41, 5.74) is 1.11. The van der Waals surface area contributed by atoms with E-state index in [0.717, 1.165) is 0 Å². The van der Waals surface area contributed by atoms with Gasteiger partial charge >= 0.3 is 6.09 Å². The fourth-order valence-corrected chi connectivity index (χ4v) is 3.78. The molecular weight excluding hydrogens is 338 g/mol. The monoisotopic (exact) mass is 349 g/mol. The van der Waals surface area contributed by atoms with Crippen LogP contribution in [0, 0.1) is 0 Å². The number of carbonyl (C=O) groups is 1. The van der Waals surface area contributed by atoms with Crippen molar-refractivity contribution in [1.29, 1.82) is 0 Å². The van der Waals surface area contributed by atoms with E-state index in [0.29, 0.717) is 16.3 Å². The van der Waals surface area contributed by atoms with Crippen LogP contribution in [-0.2, 0) is 14.6 Å². The van der Waals surface area contributed by atoms with E-state index in [4.69, 9.17) is 16.3 Å². The van der Waals surface area contributed by atoms with E-state index in [1.54, 1.807) is 42.5 Å². The summed E-state index contributed by atoms with van der Waals surface area (Å²) in [4.78, 5) is 12.0. The number of carbonyl (C=O) groups excluding carboxylic acids is 1. The molecule has 118 valence electrons. The highest BCUT2D eigenvalue weighted by molar-refractivity contribution is 7.95. The largest absolute Gasteiger partial charge is 0.444 e. The van der Waals surface area contributed by atoms with Crippen molar-refractivity contribution in [3.05, 3.63) is 64.0 Å². The summed E-state index contributed by atoms with van der Waals surface area (Å²) < 4.78 is 29.6. The molecule has 5 nitrogen and oxygen atoms in total. The zero-order chi connectivity index (χ0) is 16.4. The van der Waals surface area contributed by atoms with E-state index >= 15 is 0 Å². The number of amides is 1. The van der Waals surface area contributed by atoms with Crippen LogP contribution in [0.15, 0.2) is 58.3 Å². The van der Waals surface area contributed by atoms with Crippen molar-refractivity contribution in [2.24, 2.45) is 0 Å². The number of benzene rings is 2. The molecule has 0 saturated carbocycles. The molecule has 1 aliphatic rings. The molecule has 0 spiro atoms. The van der Waals surface area contributed by atoms with Gasteiger partial charge < -0.3 is 4.74 Å². The lowest BCUT2D eigenvalue weighted by Crippen LogP contribution is -2.17. The van der Waals surface area contributed by atoms with Crippen LogP contribution in [0.1, 0.15) is 5.56 Å². The first kappa shape index (κ1) is 15.6. The van der Waals surface area contributed by atoms with Gasteiger partial charge in [0.25, 0.3) is 0 Å². The Morgan fingerprint density at radius 2 is 1.78 bits per heavy atom. The molecule has 0 aromatic heterocycles. The molecule has 7 heteroatoms. The molecule has 2 aromatic rings. The molecular formula is C16H12ClNO4S. The quantitative estimate of drug-likeness (QED) is 0.916. The van der Waals surface area contributed by atoms with Crippen LogP contribution in [-0.4, -0.2) is 21.1 Å². The predicted molar refractivity (Wildman–Crippen MR) is 88.0 cm³/mol. The normalized spacial score (nSPS) is 14.7. The molecule has 2 aromatic carbocycles. The molecule has 0 aliphatic carbocycles. The van der Waals surface area contributed by atoms with Crippen molar-refractivity contribution in [3.63, 3.8) is 0 Å². The molecule has 1 N–H and O–H groups in total. The lowest BCUT2D eigenvalue weighted by Gasteiger charge is -2.08. The maximum Gasteiger partial charge on any atom is 0.411 e. The summed E-state index contributed by atoms with van der Waals surface area (Å²) in [6, 6.07) is 13.1. The number of anilines is 1. The second-order valence-electron chi connectivity index (χ2n) is 4.86. The number of halogens is 1. The number of rotatable bonds is 3. The highest BCUT2D eigenvalue weighted by Gasteiger charge is 2.29. The van der Waals surface area contributed by atoms with Crippen LogP contribution in [0.4, 0.5) is 10.5 Å². The minimum atomic E-state index is -3.58. The van der Waals surface area contributed by atoms with Crippen molar-refractivity contribution >= 4 is 39.3 Å². The lowest BCUT2D eigenvalue weighted by molar-refractivity contribution is 0.173. The molecule has 23 heavy (non-hydrogen) atoms. The Bertz CT molecular complexity index is 889. The van der Waals surface area contributed by atoms with Gasteiger partial charge in [-0.1, -0.05) is 29.8 Å². The van der Waals surface area contributed by atoms with E-state index in [1.165, 1.54) is 12.1 Å². The average molecular weight is 350 g/mol. The van der Waals surface area contributed by atoms with Crippen LogP contribution in [0.5, 0.6) is 0 Å². The third-order valence-electron chi connectivity index (χ3n) is 3.31. The molecule has 0 saturated heterocycles. The second-order valence-corrected chi connectivity index (χ2v) is 7.27. The highest BCUT2D eigenvalue weighted by Crippen LogP contribution is 2.32. The van der Waals surface area contributed by atoms with Crippen LogP contribution >= 0.6 is 11.6 Å². The number of nitrogens with one attached hydrogen (secondary N) is 1. The molecule has 0 bridgehead atoms. The Morgan fingerprint density at radius 3 is 2.48 bits per heavy atom. The summed E-state index contributed by atoms with van der Waals surface area (Å²) in [5, 5.41) is 3.05. The molecule has 3 rings (SSSR count). The Balaban J connectivity index is 1.65. The van der Waals surface area contributed by atoms with Gasteiger partial charge in [0.2, 0.25) is 9.84 Å². The summed E-state index contributed by atoms with van der Waals surface area (Å²) in [6.45, 7) is -0.323. The van der Waals surface area contributed by atoms with E-state index < -0.39 is 15.9 Å². The van der Waals surface area contributed by atoms with Crippen molar-refractivity contribution in [2.75, 3.05) is 11.9 Å². The topological polar surface area (TPSA) is 72.5 Å². The zero-order valence-corrected chi connectivity index (χ0v) is 13.4.